The second-order valence-corrected chi connectivity index (χ2v) is 8.56. The predicted octanol–water partition coefficient (Wildman–Crippen LogP) is 3.11. The number of hydrogen-bond acceptors (Lipinski definition) is 4. The molecule has 1 unspecified atom stereocenters. The Bertz CT molecular complexity index is 1040. The molecule has 0 aliphatic carbocycles. The Morgan fingerprint density at radius 2 is 1.83 bits per heavy atom. The lowest BCUT2D eigenvalue weighted by Crippen LogP contribution is -2.24. The fraction of sp³-hybridized carbons (Fsp3) is 0.250. The number of benzene rings is 2. The van der Waals surface area contributed by atoms with Gasteiger partial charge in [0.2, 0.25) is 15.9 Å². The van der Waals surface area contributed by atoms with Crippen LogP contribution >= 0.6 is 0 Å². The van der Waals surface area contributed by atoms with Crippen molar-refractivity contribution in [2.24, 2.45) is 0 Å². The number of amides is 1. The summed E-state index contributed by atoms with van der Waals surface area (Å²) in [5, 5.41) is 2.63. The van der Waals surface area contributed by atoms with E-state index in [4.69, 9.17) is 4.74 Å². The maximum Gasteiger partial charge on any atom is 0.246 e. The van der Waals surface area contributed by atoms with Crippen molar-refractivity contribution in [2.45, 2.75) is 17.9 Å². The van der Waals surface area contributed by atoms with Gasteiger partial charge in [0.25, 0.3) is 0 Å². The van der Waals surface area contributed by atoms with Gasteiger partial charge in [-0.05, 0) is 48.4 Å². The molecule has 6 nitrogen and oxygen atoms in total. The first-order valence-corrected chi connectivity index (χ1v) is 10.0. The van der Waals surface area contributed by atoms with Crippen molar-refractivity contribution in [1.29, 1.82) is 0 Å². The Balaban J connectivity index is 2.18. The van der Waals surface area contributed by atoms with Crippen LogP contribution in [0.25, 0.3) is 6.08 Å². The minimum atomic E-state index is -3.74. The molecule has 0 bridgehead atoms. The first-order valence-electron chi connectivity index (χ1n) is 8.60. The summed E-state index contributed by atoms with van der Waals surface area (Å²) in [5.41, 5.74) is 0.885. The van der Waals surface area contributed by atoms with Gasteiger partial charge in [0.1, 0.15) is 10.6 Å². The summed E-state index contributed by atoms with van der Waals surface area (Å²) in [7, 11) is 0.446. The molecule has 0 saturated heterocycles. The summed E-state index contributed by atoms with van der Waals surface area (Å²) in [4.78, 5) is 12.1. The zero-order valence-electron chi connectivity index (χ0n) is 16.4. The molecule has 0 fully saturated rings. The second-order valence-electron chi connectivity index (χ2n) is 6.43. The standard InChI is InChI=1S/C20H22F2N2O4S/c1-13(15-7-8-16(21)17(22)12-15)23-20(25)10-6-14-5-9-18(28-4)19(11-14)29(26,27)24(2)3/h5-13H,1-4H3,(H,23,25)/b10-6+. The lowest BCUT2D eigenvalue weighted by molar-refractivity contribution is -0.117. The summed E-state index contributed by atoms with van der Waals surface area (Å²) < 4.78 is 57.4. The van der Waals surface area contributed by atoms with Crippen LogP contribution in [0.4, 0.5) is 8.78 Å². The van der Waals surface area contributed by atoms with Gasteiger partial charge in [-0.3, -0.25) is 4.79 Å². The van der Waals surface area contributed by atoms with Crippen LogP contribution in [0.2, 0.25) is 0 Å². The molecule has 0 radical (unpaired) electrons. The quantitative estimate of drug-likeness (QED) is 0.693. The Kier molecular flexibility index (Phi) is 7.10. The van der Waals surface area contributed by atoms with Crippen LogP contribution in [-0.4, -0.2) is 39.8 Å². The summed E-state index contributed by atoms with van der Waals surface area (Å²) in [5.74, 6) is -2.25. The molecule has 9 heteroatoms. The summed E-state index contributed by atoms with van der Waals surface area (Å²) in [6.45, 7) is 1.63. The van der Waals surface area contributed by atoms with E-state index in [1.807, 2.05) is 0 Å². The summed E-state index contributed by atoms with van der Waals surface area (Å²) in [6, 6.07) is 7.35. The molecule has 2 aromatic carbocycles. The number of nitrogens with one attached hydrogen (secondary N) is 1. The van der Waals surface area contributed by atoms with Crippen LogP contribution in [0.1, 0.15) is 24.1 Å². The summed E-state index contributed by atoms with van der Waals surface area (Å²) >= 11 is 0. The van der Waals surface area contributed by atoms with E-state index in [-0.39, 0.29) is 10.6 Å². The van der Waals surface area contributed by atoms with Crippen molar-refractivity contribution in [1.82, 2.24) is 9.62 Å². The van der Waals surface area contributed by atoms with Gasteiger partial charge in [-0.2, -0.15) is 0 Å². The molecule has 0 heterocycles. The van der Waals surface area contributed by atoms with E-state index >= 15 is 0 Å². The van der Waals surface area contributed by atoms with Gasteiger partial charge in [-0.25, -0.2) is 21.5 Å². The summed E-state index contributed by atoms with van der Waals surface area (Å²) in [6.07, 6.45) is 2.67. The molecule has 2 aromatic rings. The SMILES string of the molecule is COc1ccc(/C=C/C(=O)NC(C)c2ccc(F)c(F)c2)cc1S(=O)(=O)N(C)C. The molecule has 0 aliphatic rings. The highest BCUT2D eigenvalue weighted by Gasteiger charge is 2.22. The van der Waals surface area contributed by atoms with Gasteiger partial charge in [0, 0.05) is 20.2 Å². The van der Waals surface area contributed by atoms with Gasteiger partial charge < -0.3 is 10.1 Å². The molecule has 1 amide bonds. The van der Waals surface area contributed by atoms with E-state index in [0.29, 0.717) is 11.1 Å². The van der Waals surface area contributed by atoms with Crippen LogP contribution in [0.15, 0.2) is 47.4 Å². The Hall–Kier alpha value is -2.78. The molecule has 1 atom stereocenters. The molecule has 1 N–H and O–H groups in total. The predicted molar refractivity (Wildman–Crippen MR) is 106 cm³/mol. The van der Waals surface area contributed by atoms with Gasteiger partial charge in [-0.15, -0.1) is 0 Å². The molecule has 0 spiro atoms. The van der Waals surface area contributed by atoms with Crippen LogP contribution in [0, 0.1) is 11.6 Å². The molecule has 156 valence electrons. The number of carbonyl (C=O) groups excluding carboxylic acids is 1. The number of halogens is 2. The Morgan fingerprint density at radius 3 is 2.41 bits per heavy atom. The first kappa shape index (κ1) is 22.5. The molecule has 2 rings (SSSR count). The topological polar surface area (TPSA) is 75.7 Å². The zero-order chi connectivity index (χ0) is 21.8. The van der Waals surface area contributed by atoms with Crippen LogP contribution in [0.5, 0.6) is 5.75 Å². The minimum absolute atomic E-state index is 0.0253. The van der Waals surface area contributed by atoms with E-state index in [2.05, 4.69) is 5.32 Å². The highest BCUT2D eigenvalue weighted by atomic mass is 32.2. The van der Waals surface area contributed by atoms with Gasteiger partial charge in [-0.1, -0.05) is 12.1 Å². The Morgan fingerprint density at radius 1 is 1.14 bits per heavy atom. The fourth-order valence-corrected chi connectivity index (χ4v) is 3.58. The molecular formula is C20H22F2N2O4S. The fourth-order valence-electron chi connectivity index (χ4n) is 2.49. The average molecular weight is 424 g/mol. The zero-order valence-corrected chi connectivity index (χ0v) is 17.3. The maximum absolute atomic E-state index is 13.3. The van der Waals surface area contributed by atoms with Gasteiger partial charge in [0.15, 0.2) is 11.6 Å². The van der Waals surface area contributed by atoms with Crippen LogP contribution < -0.4 is 10.1 Å². The van der Waals surface area contributed by atoms with Gasteiger partial charge in [0.05, 0.1) is 13.2 Å². The molecule has 29 heavy (non-hydrogen) atoms. The number of ether oxygens (including phenoxy) is 1. The average Bonchev–Trinajstić information content (AvgIpc) is 2.68. The lowest BCUT2D eigenvalue weighted by Gasteiger charge is -2.15. The second kappa shape index (κ2) is 9.15. The van der Waals surface area contributed by atoms with Crippen molar-refractivity contribution in [2.75, 3.05) is 21.2 Å². The largest absolute Gasteiger partial charge is 0.495 e. The van der Waals surface area contributed by atoms with E-state index in [0.717, 1.165) is 16.4 Å². The smallest absolute Gasteiger partial charge is 0.246 e. The van der Waals surface area contributed by atoms with E-state index in [1.165, 1.54) is 51.6 Å². The van der Waals surface area contributed by atoms with E-state index < -0.39 is 33.6 Å². The third kappa shape index (κ3) is 5.39. The highest BCUT2D eigenvalue weighted by molar-refractivity contribution is 7.89. The van der Waals surface area contributed by atoms with Crippen molar-refractivity contribution in [3.63, 3.8) is 0 Å². The third-order valence-electron chi connectivity index (χ3n) is 4.18. The van der Waals surface area contributed by atoms with Gasteiger partial charge >= 0.3 is 0 Å². The van der Waals surface area contributed by atoms with Crippen molar-refractivity contribution >= 4 is 22.0 Å². The highest BCUT2D eigenvalue weighted by Crippen LogP contribution is 2.27. The number of hydrogen-bond donors (Lipinski definition) is 1. The first-order chi connectivity index (χ1) is 13.6. The maximum atomic E-state index is 13.3. The number of carbonyl (C=O) groups is 1. The van der Waals surface area contributed by atoms with Crippen molar-refractivity contribution in [3.8, 4) is 5.75 Å². The Labute approximate surface area is 168 Å². The number of sulfonamides is 1. The normalized spacial score (nSPS) is 12.9. The monoisotopic (exact) mass is 424 g/mol. The molecular weight excluding hydrogens is 402 g/mol. The lowest BCUT2D eigenvalue weighted by atomic mass is 10.1. The van der Waals surface area contributed by atoms with Crippen LogP contribution in [0.3, 0.4) is 0 Å². The van der Waals surface area contributed by atoms with Crippen LogP contribution in [-0.2, 0) is 14.8 Å². The third-order valence-corrected chi connectivity index (χ3v) is 6.01. The number of methoxy groups -OCH3 is 1. The van der Waals surface area contributed by atoms with E-state index in [1.54, 1.807) is 13.0 Å². The van der Waals surface area contributed by atoms with E-state index in [9.17, 15) is 22.0 Å². The molecule has 0 aromatic heterocycles. The minimum Gasteiger partial charge on any atom is -0.495 e. The number of nitrogens with zero attached hydrogens (tertiary/aromatic N) is 1. The molecule has 0 saturated carbocycles. The van der Waals surface area contributed by atoms with Crippen molar-refractivity contribution < 1.29 is 26.7 Å². The number of rotatable bonds is 7. The molecule has 0 aliphatic heterocycles. The van der Waals surface area contributed by atoms with Crippen molar-refractivity contribution in [3.05, 3.63) is 65.2 Å².